The molecule has 112 valence electrons. The number of nitrogens with zero attached hydrogens (tertiary/aromatic N) is 2. The maximum absolute atomic E-state index is 12.6. The topological polar surface area (TPSA) is 86.2 Å². The molecule has 0 fully saturated rings. The van der Waals surface area contributed by atoms with E-state index in [2.05, 4.69) is 4.98 Å². The quantitative estimate of drug-likeness (QED) is 0.564. The Balaban J connectivity index is 3.34. The minimum atomic E-state index is -4.42. The Morgan fingerprint density at radius 1 is 1.45 bits per heavy atom. The SMILES string of the molecule is Cc1cc(N(CCO)CC(F)(F)F)c(C(=N)N)c(C)n1. The third kappa shape index (κ3) is 4.09. The van der Waals surface area contributed by atoms with E-state index >= 15 is 0 Å². The van der Waals surface area contributed by atoms with Crippen LogP contribution in [-0.4, -0.2) is 41.8 Å². The zero-order chi connectivity index (χ0) is 15.5. The Morgan fingerprint density at radius 2 is 2.05 bits per heavy atom. The number of aliphatic hydroxyl groups is 1. The molecule has 0 bridgehead atoms. The average Bonchev–Trinajstić information content (AvgIpc) is 2.24. The number of aliphatic hydroxyl groups excluding tert-OH is 1. The summed E-state index contributed by atoms with van der Waals surface area (Å²) in [5, 5.41) is 16.5. The van der Waals surface area contributed by atoms with Crippen LogP contribution in [0.15, 0.2) is 6.07 Å². The first kappa shape index (κ1) is 16.2. The van der Waals surface area contributed by atoms with Gasteiger partial charge in [-0.1, -0.05) is 0 Å². The number of rotatable bonds is 5. The predicted octanol–water partition coefficient (Wildman–Crippen LogP) is 1.34. The maximum atomic E-state index is 12.6. The molecule has 1 aromatic rings. The van der Waals surface area contributed by atoms with Gasteiger partial charge in [0.15, 0.2) is 0 Å². The van der Waals surface area contributed by atoms with E-state index in [4.69, 9.17) is 16.2 Å². The lowest BCUT2D eigenvalue weighted by molar-refractivity contribution is -0.119. The lowest BCUT2D eigenvalue weighted by Gasteiger charge is -2.28. The van der Waals surface area contributed by atoms with Gasteiger partial charge in [0.1, 0.15) is 12.4 Å². The number of halogens is 3. The highest BCUT2D eigenvalue weighted by Gasteiger charge is 2.32. The molecule has 0 aliphatic heterocycles. The van der Waals surface area contributed by atoms with Gasteiger partial charge in [-0.05, 0) is 19.9 Å². The zero-order valence-corrected chi connectivity index (χ0v) is 11.3. The Hall–Kier alpha value is -1.83. The molecule has 1 rings (SSSR count). The van der Waals surface area contributed by atoms with Crippen molar-refractivity contribution in [3.8, 4) is 0 Å². The molecule has 8 heteroatoms. The number of nitrogen functional groups attached to an aromatic ring is 1. The molecule has 20 heavy (non-hydrogen) atoms. The summed E-state index contributed by atoms with van der Waals surface area (Å²) in [5.74, 6) is -0.352. The molecule has 1 heterocycles. The second-order valence-electron chi connectivity index (χ2n) is 4.42. The van der Waals surface area contributed by atoms with Gasteiger partial charge in [0, 0.05) is 12.2 Å². The van der Waals surface area contributed by atoms with Gasteiger partial charge in [-0.3, -0.25) is 10.4 Å². The molecule has 0 unspecified atom stereocenters. The fourth-order valence-corrected chi connectivity index (χ4v) is 2.01. The smallest absolute Gasteiger partial charge is 0.395 e. The summed E-state index contributed by atoms with van der Waals surface area (Å²) in [6.45, 7) is 1.36. The first-order chi connectivity index (χ1) is 9.15. The highest BCUT2D eigenvalue weighted by Crippen LogP contribution is 2.27. The summed E-state index contributed by atoms with van der Waals surface area (Å²) in [5.41, 5.74) is 6.67. The number of aromatic nitrogens is 1. The van der Waals surface area contributed by atoms with E-state index in [0.29, 0.717) is 11.4 Å². The molecule has 0 atom stereocenters. The molecule has 0 radical (unpaired) electrons. The van der Waals surface area contributed by atoms with E-state index in [1.165, 1.54) is 6.07 Å². The lowest BCUT2D eigenvalue weighted by Crippen LogP contribution is -2.38. The van der Waals surface area contributed by atoms with Crippen LogP contribution in [-0.2, 0) is 0 Å². The number of alkyl halides is 3. The molecule has 5 nitrogen and oxygen atoms in total. The van der Waals surface area contributed by atoms with E-state index in [1.54, 1.807) is 13.8 Å². The standard InChI is InChI=1S/C12H17F3N4O/c1-7-5-9(10(11(16)17)8(2)18-7)19(3-4-20)6-12(13,14)15/h5,20H,3-4,6H2,1-2H3,(H3,16,17). The van der Waals surface area contributed by atoms with Crippen LogP contribution < -0.4 is 10.6 Å². The molecule has 0 aliphatic rings. The lowest BCUT2D eigenvalue weighted by atomic mass is 10.1. The van der Waals surface area contributed by atoms with Gasteiger partial charge in [-0.15, -0.1) is 0 Å². The number of nitrogens with one attached hydrogen (secondary N) is 1. The van der Waals surface area contributed by atoms with Gasteiger partial charge in [-0.2, -0.15) is 13.2 Å². The molecule has 1 aromatic heterocycles. The van der Waals surface area contributed by atoms with Crippen LogP contribution in [0.25, 0.3) is 0 Å². The summed E-state index contributed by atoms with van der Waals surface area (Å²) in [6.07, 6.45) is -4.42. The Labute approximate surface area is 114 Å². The van der Waals surface area contributed by atoms with Crippen LogP contribution in [0.1, 0.15) is 17.0 Å². The van der Waals surface area contributed by atoms with Gasteiger partial charge in [0.05, 0.1) is 23.6 Å². The molecular formula is C12H17F3N4O. The summed E-state index contributed by atoms with van der Waals surface area (Å²) in [6, 6.07) is 1.44. The van der Waals surface area contributed by atoms with Gasteiger partial charge in [-0.25, -0.2) is 0 Å². The number of anilines is 1. The molecule has 0 spiro atoms. The van der Waals surface area contributed by atoms with Crippen LogP contribution in [0.5, 0.6) is 0 Å². The molecule has 0 saturated heterocycles. The first-order valence-corrected chi connectivity index (χ1v) is 5.91. The van der Waals surface area contributed by atoms with Gasteiger partial charge >= 0.3 is 6.18 Å². The molecular weight excluding hydrogens is 273 g/mol. The third-order valence-corrected chi connectivity index (χ3v) is 2.66. The fraction of sp³-hybridized carbons (Fsp3) is 0.500. The summed E-state index contributed by atoms with van der Waals surface area (Å²) in [7, 11) is 0. The van der Waals surface area contributed by atoms with Crippen LogP contribution >= 0.6 is 0 Å². The van der Waals surface area contributed by atoms with Crippen molar-refractivity contribution in [3.05, 3.63) is 23.0 Å². The molecule has 0 aromatic carbocycles. The van der Waals surface area contributed by atoms with E-state index in [9.17, 15) is 13.2 Å². The van der Waals surface area contributed by atoms with Crippen molar-refractivity contribution in [2.24, 2.45) is 5.73 Å². The maximum Gasteiger partial charge on any atom is 0.405 e. The number of amidine groups is 1. The zero-order valence-electron chi connectivity index (χ0n) is 11.3. The average molecular weight is 290 g/mol. The highest BCUT2D eigenvalue weighted by atomic mass is 19.4. The monoisotopic (exact) mass is 290 g/mol. The minimum Gasteiger partial charge on any atom is -0.395 e. The number of nitrogens with two attached hydrogens (primary N) is 1. The largest absolute Gasteiger partial charge is 0.405 e. The van der Waals surface area contributed by atoms with Crippen LogP contribution in [0.2, 0.25) is 0 Å². The van der Waals surface area contributed by atoms with E-state index in [1.807, 2.05) is 0 Å². The second-order valence-corrected chi connectivity index (χ2v) is 4.42. The van der Waals surface area contributed by atoms with Crippen molar-refractivity contribution in [2.45, 2.75) is 20.0 Å². The van der Waals surface area contributed by atoms with Crippen molar-refractivity contribution < 1.29 is 18.3 Å². The Kier molecular flexibility index (Phi) is 4.93. The number of pyridine rings is 1. The fourth-order valence-electron chi connectivity index (χ4n) is 2.01. The van der Waals surface area contributed by atoms with Gasteiger partial charge < -0.3 is 15.7 Å². The second kappa shape index (κ2) is 6.08. The van der Waals surface area contributed by atoms with Crippen molar-refractivity contribution in [1.29, 1.82) is 5.41 Å². The number of hydrogen-bond donors (Lipinski definition) is 3. The Bertz CT molecular complexity index is 502. The van der Waals surface area contributed by atoms with Crippen LogP contribution in [0, 0.1) is 19.3 Å². The molecule has 0 saturated carbocycles. The molecule has 0 aliphatic carbocycles. The van der Waals surface area contributed by atoms with E-state index in [-0.39, 0.29) is 23.6 Å². The molecule has 4 N–H and O–H groups in total. The highest BCUT2D eigenvalue weighted by molar-refractivity contribution is 6.01. The number of hydrogen-bond acceptors (Lipinski definition) is 4. The predicted molar refractivity (Wildman–Crippen MR) is 70.1 cm³/mol. The molecule has 0 amide bonds. The summed E-state index contributed by atoms with van der Waals surface area (Å²) >= 11 is 0. The summed E-state index contributed by atoms with van der Waals surface area (Å²) in [4.78, 5) is 5.06. The van der Waals surface area contributed by atoms with Crippen molar-refractivity contribution in [3.63, 3.8) is 0 Å². The normalized spacial score (nSPS) is 11.5. The first-order valence-electron chi connectivity index (χ1n) is 5.91. The van der Waals surface area contributed by atoms with Crippen molar-refractivity contribution >= 4 is 11.5 Å². The Morgan fingerprint density at radius 3 is 2.50 bits per heavy atom. The van der Waals surface area contributed by atoms with Crippen molar-refractivity contribution in [2.75, 3.05) is 24.6 Å². The van der Waals surface area contributed by atoms with Gasteiger partial charge in [0.2, 0.25) is 0 Å². The van der Waals surface area contributed by atoms with Crippen molar-refractivity contribution in [1.82, 2.24) is 4.98 Å². The van der Waals surface area contributed by atoms with Crippen LogP contribution in [0.4, 0.5) is 18.9 Å². The minimum absolute atomic E-state index is 0.160. The van der Waals surface area contributed by atoms with E-state index < -0.39 is 19.3 Å². The summed E-state index contributed by atoms with van der Waals surface area (Å²) < 4.78 is 37.9. The number of aryl methyl sites for hydroxylation is 2. The van der Waals surface area contributed by atoms with Gasteiger partial charge in [0.25, 0.3) is 0 Å². The third-order valence-electron chi connectivity index (χ3n) is 2.66. The van der Waals surface area contributed by atoms with Crippen LogP contribution in [0.3, 0.4) is 0 Å². The van der Waals surface area contributed by atoms with E-state index in [0.717, 1.165) is 4.90 Å².